The van der Waals surface area contributed by atoms with Gasteiger partial charge in [0.2, 0.25) is 0 Å². The molecule has 8 heteroatoms. The topological polar surface area (TPSA) is 89.0 Å². The highest BCUT2D eigenvalue weighted by Gasteiger charge is 2.11. The van der Waals surface area contributed by atoms with Crippen molar-refractivity contribution >= 4 is 18.0 Å². The molecular weight excluding hydrogens is 377 g/mol. The lowest BCUT2D eigenvalue weighted by atomic mass is 10.2. The minimum atomic E-state index is -0.843. The quantitative estimate of drug-likeness (QED) is 0.384. The highest BCUT2D eigenvalue weighted by atomic mass is 19.1. The number of amides is 2. The molecule has 0 atom stereocenters. The van der Waals surface area contributed by atoms with Crippen molar-refractivity contribution in [3.05, 3.63) is 59.4 Å². The number of rotatable bonds is 9. The van der Waals surface area contributed by atoms with E-state index in [1.165, 1.54) is 12.3 Å². The molecule has 154 valence electrons. The zero-order valence-corrected chi connectivity index (χ0v) is 16.4. The number of carbonyl (C=O) groups is 2. The van der Waals surface area contributed by atoms with Crippen molar-refractivity contribution in [3.8, 4) is 11.5 Å². The summed E-state index contributed by atoms with van der Waals surface area (Å²) >= 11 is 0. The van der Waals surface area contributed by atoms with Crippen molar-refractivity contribution in [1.29, 1.82) is 0 Å². The van der Waals surface area contributed by atoms with E-state index in [1.54, 1.807) is 36.4 Å². The Morgan fingerprint density at radius 3 is 2.59 bits per heavy atom. The maximum absolute atomic E-state index is 13.7. The number of hydrazone groups is 1. The molecule has 0 aliphatic heterocycles. The van der Waals surface area contributed by atoms with Gasteiger partial charge in [-0.2, -0.15) is 5.10 Å². The zero-order chi connectivity index (χ0) is 21.1. The lowest BCUT2D eigenvalue weighted by Gasteiger charge is -2.13. The minimum Gasteiger partial charge on any atom is -0.490 e. The molecule has 0 aromatic heterocycles. The van der Waals surface area contributed by atoms with Crippen LogP contribution in [0.4, 0.5) is 4.39 Å². The average Bonchev–Trinajstić information content (AvgIpc) is 2.72. The van der Waals surface area contributed by atoms with Gasteiger partial charge in [0.25, 0.3) is 0 Å². The maximum atomic E-state index is 13.7. The van der Waals surface area contributed by atoms with Crippen LogP contribution >= 0.6 is 0 Å². The molecule has 0 unspecified atom stereocenters. The first-order chi connectivity index (χ1) is 14.0. The molecule has 2 rings (SSSR count). The van der Waals surface area contributed by atoms with Gasteiger partial charge in [-0.3, -0.25) is 9.59 Å². The van der Waals surface area contributed by atoms with Gasteiger partial charge in [-0.25, -0.2) is 9.82 Å². The second kappa shape index (κ2) is 11.4. The van der Waals surface area contributed by atoms with E-state index in [1.807, 2.05) is 13.8 Å². The SMILES string of the molecule is CCCNC(=O)C(=O)N/N=C\c1ccc(OCc2ccccc2F)c(OCC)c1. The van der Waals surface area contributed by atoms with Gasteiger partial charge in [-0.05, 0) is 43.2 Å². The molecule has 0 aliphatic carbocycles. The van der Waals surface area contributed by atoms with Gasteiger partial charge in [0.05, 0.1) is 12.8 Å². The van der Waals surface area contributed by atoms with Crippen molar-refractivity contribution < 1.29 is 23.5 Å². The second-order valence-electron chi connectivity index (χ2n) is 5.97. The average molecular weight is 401 g/mol. The second-order valence-corrected chi connectivity index (χ2v) is 5.97. The lowest BCUT2D eigenvalue weighted by molar-refractivity contribution is -0.139. The lowest BCUT2D eigenvalue weighted by Crippen LogP contribution is -2.38. The van der Waals surface area contributed by atoms with Crippen LogP contribution in [0.2, 0.25) is 0 Å². The summed E-state index contributed by atoms with van der Waals surface area (Å²) in [6.45, 7) is 4.60. The molecule has 0 aliphatic rings. The summed E-state index contributed by atoms with van der Waals surface area (Å²) in [7, 11) is 0. The molecule has 2 aromatic carbocycles. The molecule has 0 saturated heterocycles. The summed E-state index contributed by atoms with van der Waals surface area (Å²) in [6.07, 6.45) is 2.11. The van der Waals surface area contributed by atoms with Gasteiger partial charge in [0.15, 0.2) is 11.5 Å². The number of hydrogen-bond donors (Lipinski definition) is 2. The van der Waals surface area contributed by atoms with Gasteiger partial charge in [0.1, 0.15) is 12.4 Å². The summed E-state index contributed by atoms with van der Waals surface area (Å²) in [5, 5.41) is 6.23. The van der Waals surface area contributed by atoms with Crippen LogP contribution in [-0.2, 0) is 16.2 Å². The standard InChI is InChI=1S/C21H24FN3O4/c1-3-11-23-20(26)21(27)25-24-13-15-9-10-18(19(12-15)28-4-2)29-14-16-7-5-6-8-17(16)22/h5-10,12-13H,3-4,11,14H2,1-2H3,(H,23,26)(H,25,27)/b24-13-. The molecule has 0 bridgehead atoms. The van der Waals surface area contributed by atoms with E-state index in [4.69, 9.17) is 9.47 Å². The minimum absolute atomic E-state index is 0.0586. The van der Waals surface area contributed by atoms with Crippen LogP contribution in [0.5, 0.6) is 11.5 Å². The number of nitrogens with zero attached hydrogens (tertiary/aromatic N) is 1. The number of benzene rings is 2. The molecule has 0 radical (unpaired) electrons. The Labute approximate surface area is 168 Å². The fraction of sp³-hybridized carbons (Fsp3) is 0.286. The third kappa shape index (κ3) is 6.91. The Balaban J connectivity index is 2.01. The number of ether oxygens (including phenoxy) is 2. The first-order valence-electron chi connectivity index (χ1n) is 9.29. The van der Waals surface area contributed by atoms with Crippen LogP contribution in [-0.4, -0.2) is 31.2 Å². The largest absolute Gasteiger partial charge is 0.490 e. The fourth-order valence-electron chi connectivity index (χ4n) is 2.30. The molecule has 2 aromatic rings. The van der Waals surface area contributed by atoms with Crippen LogP contribution < -0.4 is 20.2 Å². The van der Waals surface area contributed by atoms with E-state index < -0.39 is 11.8 Å². The van der Waals surface area contributed by atoms with Gasteiger partial charge in [0, 0.05) is 12.1 Å². The Hall–Kier alpha value is -3.42. The van der Waals surface area contributed by atoms with Gasteiger partial charge in [-0.15, -0.1) is 0 Å². The third-order valence-corrected chi connectivity index (χ3v) is 3.73. The highest BCUT2D eigenvalue weighted by molar-refractivity contribution is 6.35. The van der Waals surface area contributed by atoms with Crippen molar-refractivity contribution in [2.45, 2.75) is 26.9 Å². The summed E-state index contributed by atoms with van der Waals surface area (Å²) in [4.78, 5) is 23.1. The predicted octanol–water partition coefficient (Wildman–Crippen LogP) is 2.78. The number of nitrogens with one attached hydrogen (secondary N) is 2. The molecule has 2 N–H and O–H groups in total. The van der Waals surface area contributed by atoms with Crippen LogP contribution in [0.3, 0.4) is 0 Å². The van der Waals surface area contributed by atoms with Gasteiger partial charge < -0.3 is 14.8 Å². The molecule has 7 nitrogen and oxygen atoms in total. The van der Waals surface area contributed by atoms with E-state index in [9.17, 15) is 14.0 Å². The summed E-state index contributed by atoms with van der Waals surface area (Å²) < 4.78 is 25.0. The molecule has 0 heterocycles. The van der Waals surface area contributed by atoms with Crippen LogP contribution in [0, 0.1) is 5.82 Å². The molecule has 0 spiro atoms. The van der Waals surface area contributed by atoms with E-state index in [0.717, 1.165) is 6.42 Å². The summed E-state index contributed by atoms with van der Waals surface area (Å²) in [5.41, 5.74) is 3.22. The fourth-order valence-corrected chi connectivity index (χ4v) is 2.30. The highest BCUT2D eigenvalue weighted by Crippen LogP contribution is 2.29. The molecule has 2 amide bonds. The number of halogens is 1. The maximum Gasteiger partial charge on any atom is 0.329 e. The zero-order valence-electron chi connectivity index (χ0n) is 16.4. The first kappa shape index (κ1) is 21.9. The number of carbonyl (C=O) groups excluding carboxylic acids is 2. The first-order valence-corrected chi connectivity index (χ1v) is 9.29. The van der Waals surface area contributed by atoms with Crippen molar-refractivity contribution in [2.24, 2.45) is 5.10 Å². The van der Waals surface area contributed by atoms with Crippen molar-refractivity contribution in [1.82, 2.24) is 10.7 Å². The van der Waals surface area contributed by atoms with Crippen LogP contribution in [0.15, 0.2) is 47.6 Å². The Morgan fingerprint density at radius 2 is 1.86 bits per heavy atom. The summed E-state index contributed by atoms with van der Waals surface area (Å²) in [5.74, 6) is -1.01. The van der Waals surface area contributed by atoms with Crippen molar-refractivity contribution in [3.63, 3.8) is 0 Å². The monoisotopic (exact) mass is 401 g/mol. The van der Waals surface area contributed by atoms with E-state index in [-0.39, 0.29) is 12.4 Å². The van der Waals surface area contributed by atoms with Gasteiger partial charge in [-0.1, -0.05) is 25.1 Å². The molecule has 29 heavy (non-hydrogen) atoms. The van der Waals surface area contributed by atoms with Crippen molar-refractivity contribution in [2.75, 3.05) is 13.2 Å². The van der Waals surface area contributed by atoms with Crippen LogP contribution in [0.1, 0.15) is 31.4 Å². The predicted molar refractivity (Wildman–Crippen MR) is 107 cm³/mol. The van der Waals surface area contributed by atoms with Crippen LogP contribution in [0.25, 0.3) is 0 Å². The Bertz CT molecular complexity index is 871. The Kier molecular flexibility index (Phi) is 8.62. The smallest absolute Gasteiger partial charge is 0.329 e. The van der Waals surface area contributed by atoms with E-state index in [0.29, 0.717) is 35.8 Å². The van der Waals surface area contributed by atoms with E-state index in [2.05, 4.69) is 15.8 Å². The Morgan fingerprint density at radius 1 is 1.07 bits per heavy atom. The van der Waals surface area contributed by atoms with E-state index >= 15 is 0 Å². The summed E-state index contributed by atoms with van der Waals surface area (Å²) in [6, 6.07) is 11.4. The third-order valence-electron chi connectivity index (χ3n) is 3.73. The molecule has 0 saturated carbocycles. The normalized spacial score (nSPS) is 10.6. The molecular formula is C21H24FN3O4. The number of hydrogen-bond acceptors (Lipinski definition) is 5. The van der Waals surface area contributed by atoms with Gasteiger partial charge >= 0.3 is 11.8 Å². The molecule has 0 fully saturated rings.